The van der Waals surface area contributed by atoms with Crippen LogP contribution in [0, 0.1) is 5.92 Å². The molecular formula is C14H18F3N3O2. The van der Waals surface area contributed by atoms with Gasteiger partial charge in [-0.3, -0.25) is 9.59 Å². The summed E-state index contributed by atoms with van der Waals surface area (Å²) in [6.07, 6.45) is -0.596. The highest BCUT2D eigenvalue weighted by Gasteiger charge is 2.43. The number of rotatable bonds is 3. The van der Waals surface area contributed by atoms with E-state index < -0.39 is 12.1 Å². The third kappa shape index (κ3) is 4.02. The molecule has 0 bridgehead atoms. The number of carbonyl (C=O) groups is 2. The highest BCUT2D eigenvalue weighted by atomic mass is 19.4. The monoisotopic (exact) mass is 317 g/mol. The number of likely N-dealkylation sites (tertiary alicyclic amines) is 1. The summed E-state index contributed by atoms with van der Waals surface area (Å²) in [5.74, 6) is -2.35. The van der Waals surface area contributed by atoms with Crippen LogP contribution in [0.25, 0.3) is 0 Å². The number of hydrogen-bond acceptors (Lipinski definition) is 2. The van der Waals surface area contributed by atoms with Crippen LogP contribution in [0.1, 0.15) is 18.4 Å². The first-order chi connectivity index (χ1) is 10.3. The molecule has 1 fully saturated rings. The Kier molecular flexibility index (Phi) is 4.77. The number of hydrogen-bond donors (Lipinski definition) is 1. The van der Waals surface area contributed by atoms with Gasteiger partial charge in [0.2, 0.25) is 5.91 Å². The molecule has 1 aromatic rings. The van der Waals surface area contributed by atoms with Crippen molar-refractivity contribution < 1.29 is 22.8 Å². The number of halogens is 3. The molecule has 22 heavy (non-hydrogen) atoms. The van der Waals surface area contributed by atoms with E-state index >= 15 is 0 Å². The van der Waals surface area contributed by atoms with Crippen LogP contribution in [0.2, 0.25) is 0 Å². The molecule has 0 spiro atoms. The number of aryl methyl sites for hydroxylation is 1. The van der Waals surface area contributed by atoms with Gasteiger partial charge in [-0.1, -0.05) is 0 Å². The van der Waals surface area contributed by atoms with Gasteiger partial charge in [0.25, 0.3) is 0 Å². The maximum absolute atomic E-state index is 12.3. The summed E-state index contributed by atoms with van der Waals surface area (Å²) in [5, 5.41) is 2.78. The minimum Gasteiger partial charge on any atom is -0.357 e. The van der Waals surface area contributed by atoms with E-state index in [2.05, 4.69) is 5.32 Å². The SMILES string of the molecule is Cn1ccc(CNC(=O)C2CCN(C(=O)C(F)(F)F)CC2)c1. The lowest BCUT2D eigenvalue weighted by atomic mass is 9.95. The maximum Gasteiger partial charge on any atom is 0.471 e. The van der Waals surface area contributed by atoms with Gasteiger partial charge in [-0.05, 0) is 24.5 Å². The van der Waals surface area contributed by atoms with Crippen molar-refractivity contribution in [3.05, 3.63) is 24.0 Å². The van der Waals surface area contributed by atoms with Crippen molar-refractivity contribution in [2.45, 2.75) is 25.6 Å². The van der Waals surface area contributed by atoms with E-state index in [0.717, 1.165) is 10.5 Å². The average molecular weight is 317 g/mol. The standard InChI is InChI=1S/C14H18F3N3O2/c1-19-5-2-10(9-19)8-18-12(21)11-3-6-20(7-4-11)13(22)14(15,16)17/h2,5,9,11H,3-4,6-8H2,1H3,(H,18,21). The fourth-order valence-corrected chi connectivity index (χ4v) is 2.52. The largest absolute Gasteiger partial charge is 0.471 e. The zero-order chi connectivity index (χ0) is 16.3. The van der Waals surface area contributed by atoms with Gasteiger partial charge in [0.15, 0.2) is 0 Å². The minimum atomic E-state index is -4.84. The van der Waals surface area contributed by atoms with Gasteiger partial charge in [-0.15, -0.1) is 0 Å². The second-order valence-corrected chi connectivity index (χ2v) is 5.47. The summed E-state index contributed by atoms with van der Waals surface area (Å²) in [6, 6.07) is 1.88. The number of nitrogens with zero attached hydrogens (tertiary/aromatic N) is 2. The van der Waals surface area contributed by atoms with Gasteiger partial charge in [0, 0.05) is 45.0 Å². The van der Waals surface area contributed by atoms with Crippen molar-refractivity contribution in [1.29, 1.82) is 0 Å². The molecule has 1 aliphatic heterocycles. The lowest BCUT2D eigenvalue weighted by Crippen LogP contribution is -2.47. The summed E-state index contributed by atoms with van der Waals surface area (Å²) in [6.45, 7) is 0.310. The van der Waals surface area contributed by atoms with Gasteiger partial charge < -0.3 is 14.8 Å². The molecule has 0 radical (unpaired) electrons. The molecular weight excluding hydrogens is 299 g/mol. The summed E-state index contributed by atoms with van der Waals surface area (Å²) in [7, 11) is 1.87. The van der Waals surface area contributed by atoms with Crippen LogP contribution in [0.15, 0.2) is 18.5 Å². The maximum atomic E-state index is 12.3. The van der Waals surface area contributed by atoms with Crippen LogP contribution in [-0.2, 0) is 23.2 Å². The van der Waals surface area contributed by atoms with Gasteiger partial charge in [0.05, 0.1) is 0 Å². The molecule has 122 valence electrons. The number of nitrogens with one attached hydrogen (secondary N) is 1. The molecule has 1 aliphatic rings. The third-order valence-corrected chi connectivity index (χ3v) is 3.76. The summed E-state index contributed by atoms with van der Waals surface area (Å²) in [5.41, 5.74) is 0.959. The quantitative estimate of drug-likeness (QED) is 0.917. The fraction of sp³-hybridized carbons (Fsp3) is 0.571. The molecule has 0 aliphatic carbocycles. The topological polar surface area (TPSA) is 54.3 Å². The Bertz CT molecular complexity index is 546. The minimum absolute atomic E-state index is 0.0399. The molecule has 0 atom stereocenters. The smallest absolute Gasteiger partial charge is 0.357 e. The van der Waals surface area contributed by atoms with E-state index in [-0.39, 0.29) is 37.8 Å². The first kappa shape index (κ1) is 16.4. The third-order valence-electron chi connectivity index (χ3n) is 3.76. The Morgan fingerprint density at radius 3 is 2.45 bits per heavy atom. The van der Waals surface area contributed by atoms with E-state index in [9.17, 15) is 22.8 Å². The fourth-order valence-electron chi connectivity index (χ4n) is 2.52. The number of piperidine rings is 1. The molecule has 1 saturated heterocycles. The lowest BCUT2D eigenvalue weighted by molar-refractivity contribution is -0.186. The van der Waals surface area contributed by atoms with Crippen molar-refractivity contribution in [2.75, 3.05) is 13.1 Å². The van der Waals surface area contributed by atoms with Crippen molar-refractivity contribution in [3.8, 4) is 0 Å². The molecule has 0 saturated carbocycles. The second kappa shape index (κ2) is 6.41. The summed E-state index contributed by atoms with van der Waals surface area (Å²) in [4.78, 5) is 23.9. The number of carbonyl (C=O) groups excluding carboxylic acids is 2. The van der Waals surface area contributed by atoms with E-state index in [1.807, 2.05) is 30.1 Å². The Balaban J connectivity index is 1.79. The van der Waals surface area contributed by atoms with Crippen LogP contribution >= 0.6 is 0 Å². The molecule has 1 N–H and O–H groups in total. The predicted octanol–water partition coefficient (Wildman–Crippen LogP) is 1.44. The van der Waals surface area contributed by atoms with E-state index in [1.165, 1.54) is 0 Å². The number of amides is 2. The Morgan fingerprint density at radius 1 is 1.32 bits per heavy atom. The molecule has 2 rings (SSSR count). The second-order valence-electron chi connectivity index (χ2n) is 5.47. The lowest BCUT2D eigenvalue weighted by Gasteiger charge is -2.31. The van der Waals surface area contributed by atoms with Crippen molar-refractivity contribution in [3.63, 3.8) is 0 Å². The highest BCUT2D eigenvalue weighted by Crippen LogP contribution is 2.24. The van der Waals surface area contributed by atoms with Gasteiger partial charge >= 0.3 is 12.1 Å². The van der Waals surface area contributed by atoms with E-state index in [1.54, 1.807) is 0 Å². The Labute approximate surface area is 126 Å². The van der Waals surface area contributed by atoms with Gasteiger partial charge in [-0.2, -0.15) is 13.2 Å². The normalized spacial score (nSPS) is 16.6. The predicted molar refractivity (Wildman–Crippen MR) is 72.6 cm³/mol. The molecule has 0 aromatic carbocycles. The Morgan fingerprint density at radius 2 is 1.95 bits per heavy atom. The number of aromatic nitrogens is 1. The van der Waals surface area contributed by atoms with Crippen LogP contribution in [-0.4, -0.2) is 40.5 Å². The van der Waals surface area contributed by atoms with Crippen LogP contribution in [0.5, 0.6) is 0 Å². The molecule has 0 unspecified atom stereocenters. The van der Waals surface area contributed by atoms with Crippen molar-refractivity contribution in [1.82, 2.24) is 14.8 Å². The van der Waals surface area contributed by atoms with E-state index in [0.29, 0.717) is 6.54 Å². The van der Waals surface area contributed by atoms with Gasteiger partial charge in [0.1, 0.15) is 0 Å². The van der Waals surface area contributed by atoms with Crippen LogP contribution in [0.3, 0.4) is 0 Å². The first-order valence-electron chi connectivity index (χ1n) is 7.02. The number of alkyl halides is 3. The zero-order valence-corrected chi connectivity index (χ0v) is 12.2. The molecule has 1 aromatic heterocycles. The van der Waals surface area contributed by atoms with Crippen molar-refractivity contribution in [2.24, 2.45) is 13.0 Å². The van der Waals surface area contributed by atoms with Crippen molar-refractivity contribution >= 4 is 11.8 Å². The first-order valence-corrected chi connectivity index (χ1v) is 7.02. The molecule has 8 heteroatoms. The zero-order valence-electron chi connectivity index (χ0n) is 12.2. The Hall–Kier alpha value is -1.99. The van der Waals surface area contributed by atoms with Gasteiger partial charge in [-0.25, -0.2) is 0 Å². The van der Waals surface area contributed by atoms with Crippen LogP contribution < -0.4 is 5.32 Å². The molecule has 2 heterocycles. The summed E-state index contributed by atoms with van der Waals surface area (Å²) >= 11 is 0. The highest BCUT2D eigenvalue weighted by molar-refractivity contribution is 5.83. The van der Waals surface area contributed by atoms with E-state index in [4.69, 9.17) is 0 Å². The van der Waals surface area contributed by atoms with Crippen LogP contribution in [0.4, 0.5) is 13.2 Å². The molecule has 5 nitrogen and oxygen atoms in total. The summed E-state index contributed by atoms with van der Waals surface area (Å²) < 4.78 is 38.8. The molecule has 2 amide bonds. The average Bonchev–Trinajstić information content (AvgIpc) is 2.89.